The Morgan fingerprint density at radius 2 is 0.800 bits per heavy atom. The van der Waals surface area contributed by atoms with Gasteiger partial charge in [0.15, 0.2) is 0 Å². The lowest BCUT2D eigenvalue weighted by atomic mass is 9.94. The quantitative estimate of drug-likeness (QED) is 0.150. The number of rotatable bonds is 8. The second-order valence-corrected chi connectivity index (χ2v) is 15.3. The third kappa shape index (κ3) is 6.32. The minimum Gasteiger partial charge on any atom is -0.310 e. The molecule has 60 heavy (non-hydrogen) atoms. The smallest absolute Gasteiger partial charge is 0.0561 e. The van der Waals surface area contributed by atoms with Crippen molar-refractivity contribution in [1.29, 1.82) is 0 Å². The topological polar surface area (TPSA) is 8.17 Å². The maximum absolute atomic E-state index is 2.44. The summed E-state index contributed by atoms with van der Waals surface area (Å²) in [6.45, 7) is 0. The first-order valence-electron chi connectivity index (χ1n) is 20.6. The number of fused-ring (bicyclic) bond motifs is 4. The van der Waals surface area contributed by atoms with Crippen LogP contribution >= 0.6 is 0 Å². The average Bonchev–Trinajstić information content (AvgIpc) is 3.66. The molecule has 282 valence electrons. The standard InChI is InChI=1S/C58H40N2/c1-4-17-42(18-5-1)51-24-12-13-25-52(51)44-30-33-49(34-31-44)59(50-35-36-54-53-26-14-15-27-56(53)60(58(54)40-50)48-22-8-3-9-23-48)57-37-32-47(39-55(57)43-19-6-2-7-20-43)46-29-28-41-16-10-11-21-45(41)38-46/h1-40H. The van der Waals surface area contributed by atoms with E-state index in [0.29, 0.717) is 0 Å². The summed E-state index contributed by atoms with van der Waals surface area (Å²) in [4.78, 5) is 2.44. The first-order valence-corrected chi connectivity index (χ1v) is 20.6. The second-order valence-electron chi connectivity index (χ2n) is 15.3. The molecule has 0 N–H and O–H groups in total. The summed E-state index contributed by atoms with van der Waals surface area (Å²) in [5, 5.41) is 4.94. The highest BCUT2D eigenvalue weighted by Crippen LogP contribution is 2.45. The Morgan fingerprint density at radius 1 is 0.283 bits per heavy atom. The Labute approximate surface area is 350 Å². The number of hydrogen-bond donors (Lipinski definition) is 0. The number of hydrogen-bond acceptors (Lipinski definition) is 1. The fourth-order valence-corrected chi connectivity index (χ4v) is 8.90. The van der Waals surface area contributed by atoms with Crippen LogP contribution in [0.15, 0.2) is 243 Å². The van der Waals surface area contributed by atoms with E-state index in [1.54, 1.807) is 0 Å². The van der Waals surface area contributed by atoms with Gasteiger partial charge in [0, 0.05) is 33.4 Å². The molecule has 11 rings (SSSR count). The summed E-state index contributed by atoms with van der Waals surface area (Å²) in [5.41, 5.74) is 16.2. The van der Waals surface area contributed by atoms with Crippen molar-refractivity contribution in [3.8, 4) is 50.2 Å². The van der Waals surface area contributed by atoms with Gasteiger partial charge in [0.05, 0.1) is 16.7 Å². The second kappa shape index (κ2) is 15.1. The molecular formula is C58H40N2. The molecule has 0 aliphatic carbocycles. The zero-order valence-corrected chi connectivity index (χ0v) is 33.0. The highest BCUT2D eigenvalue weighted by molar-refractivity contribution is 6.10. The summed E-state index contributed by atoms with van der Waals surface area (Å²) < 4.78 is 2.40. The Bertz CT molecular complexity index is 3290. The van der Waals surface area contributed by atoms with E-state index < -0.39 is 0 Å². The van der Waals surface area contributed by atoms with Crippen LogP contribution in [-0.2, 0) is 0 Å². The van der Waals surface area contributed by atoms with Crippen molar-refractivity contribution in [3.05, 3.63) is 243 Å². The highest BCUT2D eigenvalue weighted by atomic mass is 15.1. The van der Waals surface area contributed by atoms with E-state index in [1.165, 1.54) is 60.4 Å². The molecule has 1 heterocycles. The SMILES string of the molecule is c1ccc(-c2ccccc2-c2ccc(N(c3ccc4c5ccccc5n(-c5ccccc5)c4c3)c3ccc(-c4ccc5ccccc5c4)cc3-c3ccccc3)cc2)cc1. The Balaban J connectivity index is 1.13. The van der Waals surface area contributed by atoms with Crippen molar-refractivity contribution in [3.63, 3.8) is 0 Å². The first kappa shape index (κ1) is 35.2. The fraction of sp³-hybridized carbons (Fsp3) is 0. The van der Waals surface area contributed by atoms with Gasteiger partial charge in [-0.15, -0.1) is 0 Å². The lowest BCUT2D eigenvalue weighted by Gasteiger charge is -2.29. The molecule has 2 nitrogen and oxygen atoms in total. The van der Waals surface area contributed by atoms with E-state index in [0.717, 1.165) is 39.4 Å². The number of anilines is 3. The summed E-state index contributed by atoms with van der Waals surface area (Å²) in [6, 6.07) is 88.0. The maximum atomic E-state index is 2.44. The molecule has 0 atom stereocenters. The van der Waals surface area contributed by atoms with E-state index in [9.17, 15) is 0 Å². The maximum Gasteiger partial charge on any atom is 0.0561 e. The van der Waals surface area contributed by atoms with Crippen molar-refractivity contribution in [2.45, 2.75) is 0 Å². The van der Waals surface area contributed by atoms with Gasteiger partial charge in [-0.25, -0.2) is 0 Å². The number of aromatic nitrogens is 1. The van der Waals surface area contributed by atoms with Crippen molar-refractivity contribution in [2.75, 3.05) is 4.90 Å². The molecule has 0 spiro atoms. The summed E-state index contributed by atoms with van der Waals surface area (Å²) >= 11 is 0. The lowest BCUT2D eigenvalue weighted by molar-refractivity contribution is 1.18. The molecule has 0 bridgehead atoms. The fourth-order valence-electron chi connectivity index (χ4n) is 8.90. The normalized spacial score (nSPS) is 11.3. The Kier molecular flexibility index (Phi) is 8.87. The summed E-state index contributed by atoms with van der Waals surface area (Å²) in [7, 11) is 0. The molecule has 10 aromatic carbocycles. The van der Waals surface area contributed by atoms with Crippen LogP contribution in [0.2, 0.25) is 0 Å². The van der Waals surface area contributed by atoms with Crippen LogP contribution in [0.5, 0.6) is 0 Å². The summed E-state index contributed by atoms with van der Waals surface area (Å²) in [6.07, 6.45) is 0. The van der Waals surface area contributed by atoms with Gasteiger partial charge in [-0.2, -0.15) is 0 Å². The van der Waals surface area contributed by atoms with Gasteiger partial charge in [0.25, 0.3) is 0 Å². The van der Waals surface area contributed by atoms with Gasteiger partial charge in [0.1, 0.15) is 0 Å². The van der Waals surface area contributed by atoms with Crippen molar-refractivity contribution >= 4 is 49.6 Å². The molecule has 0 aliphatic heterocycles. The van der Waals surface area contributed by atoms with Crippen LogP contribution in [0.4, 0.5) is 17.1 Å². The molecule has 0 unspecified atom stereocenters. The van der Waals surface area contributed by atoms with Crippen LogP contribution in [0.3, 0.4) is 0 Å². The molecule has 0 aliphatic rings. The van der Waals surface area contributed by atoms with Crippen molar-refractivity contribution < 1.29 is 0 Å². The number of para-hydroxylation sites is 2. The van der Waals surface area contributed by atoms with E-state index in [-0.39, 0.29) is 0 Å². The molecular weight excluding hydrogens is 725 g/mol. The molecule has 2 heteroatoms. The number of benzene rings is 10. The third-order valence-electron chi connectivity index (χ3n) is 11.8. The molecule has 0 saturated carbocycles. The number of nitrogens with zero attached hydrogens (tertiary/aromatic N) is 2. The lowest BCUT2D eigenvalue weighted by Crippen LogP contribution is -2.11. The molecule has 11 aromatic rings. The van der Waals surface area contributed by atoms with E-state index in [2.05, 4.69) is 252 Å². The predicted molar refractivity (Wildman–Crippen MR) is 255 cm³/mol. The van der Waals surface area contributed by atoms with Gasteiger partial charge in [-0.1, -0.05) is 182 Å². The van der Waals surface area contributed by atoms with Crippen LogP contribution in [0.1, 0.15) is 0 Å². The van der Waals surface area contributed by atoms with Crippen LogP contribution in [-0.4, -0.2) is 4.57 Å². The predicted octanol–water partition coefficient (Wildman–Crippen LogP) is 16.1. The first-order chi connectivity index (χ1) is 29.8. The van der Waals surface area contributed by atoms with Gasteiger partial charge in [0.2, 0.25) is 0 Å². The Morgan fingerprint density at radius 3 is 1.53 bits per heavy atom. The third-order valence-corrected chi connectivity index (χ3v) is 11.8. The molecule has 0 amide bonds. The van der Waals surface area contributed by atoms with Crippen molar-refractivity contribution in [1.82, 2.24) is 4.57 Å². The average molecular weight is 765 g/mol. The minimum atomic E-state index is 1.08. The molecule has 0 radical (unpaired) electrons. The largest absolute Gasteiger partial charge is 0.310 e. The van der Waals surface area contributed by atoms with Gasteiger partial charge < -0.3 is 9.47 Å². The molecule has 0 saturated heterocycles. The van der Waals surface area contributed by atoms with Gasteiger partial charge >= 0.3 is 0 Å². The van der Waals surface area contributed by atoms with Gasteiger partial charge in [-0.05, 0) is 110 Å². The zero-order valence-electron chi connectivity index (χ0n) is 33.0. The van der Waals surface area contributed by atoms with Crippen molar-refractivity contribution in [2.24, 2.45) is 0 Å². The zero-order chi connectivity index (χ0) is 39.8. The van der Waals surface area contributed by atoms with Crippen LogP contribution in [0.25, 0.3) is 82.8 Å². The molecule has 1 aromatic heterocycles. The van der Waals surface area contributed by atoms with Gasteiger partial charge in [-0.3, -0.25) is 0 Å². The van der Waals surface area contributed by atoms with E-state index >= 15 is 0 Å². The Hall–Kier alpha value is -7.94. The van der Waals surface area contributed by atoms with E-state index in [1.807, 2.05) is 0 Å². The van der Waals surface area contributed by atoms with Crippen LogP contribution < -0.4 is 4.90 Å². The summed E-state index contributed by atoms with van der Waals surface area (Å²) in [5.74, 6) is 0. The minimum absolute atomic E-state index is 1.08. The van der Waals surface area contributed by atoms with Crippen LogP contribution in [0, 0.1) is 0 Å². The highest BCUT2D eigenvalue weighted by Gasteiger charge is 2.21. The van der Waals surface area contributed by atoms with E-state index in [4.69, 9.17) is 0 Å². The molecule has 0 fully saturated rings. The monoisotopic (exact) mass is 764 g/mol.